The third kappa shape index (κ3) is 19.9. The SMILES string of the molecule is CC(C)=CCO[C@@](CC=C(C)C)([C@](CC=C(C)C)(OCC=C(C)C)[C@](CC=C(C)C)(OCC=C(C)C)C(O)(CC=C(C)C)CC=C(C)C)[C@@](CC=C(C)C)(OCC=C(C)C)C(=O)CC=C(C)C. The number of hydrogen-bond donors (Lipinski definition) is 1. The Bertz CT molecular complexity index is 1870. The molecule has 0 aliphatic rings. The molecule has 0 aromatic heterocycles. The topological polar surface area (TPSA) is 74.2 Å². The lowest BCUT2D eigenvalue weighted by Gasteiger charge is -2.66. The van der Waals surface area contributed by atoms with Crippen LogP contribution in [0, 0.1) is 0 Å². The van der Waals surface area contributed by atoms with Gasteiger partial charge in [0.15, 0.2) is 11.4 Å². The minimum Gasteiger partial charge on any atom is -0.386 e. The largest absolute Gasteiger partial charge is 0.386 e. The van der Waals surface area contributed by atoms with Crippen LogP contribution in [0.15, 0.2) is 128 Å². The number of ketones is 1. The van der Waals surface area contributed by atoms with Crippen LogP contribution in [0.5, 0.6) is 0 Å². The fraction of sp³-hybridized carbons (Fsp3) is 0.623. The third-order valence-electron chi connectivity index (χ3n) is 12.0. The molecular formula is C61H100O6. The summed E-state index contributed by atoms with van der Waals surface area (Å²) in [6.07, 6.45) is 24.5. The molecule has 6 heteroatoms. The van der Waals surface area contributed by atoms with E-state index in [0.29, 0.717) is 0 Å². The summed E-state index contributed by atoms with van der Waals surface area (Å²) in [4.78, 5) is 16.4. The van der Waals surface area contributed by atoms with E-state index in [1.807, 2.05) is 39.8 Å². The summed E-state index contributed by atoms with van der Waals surface area (Å²) in [6.45, 7) is 46.0. The number of aliphatic hydroxyl groups is 1. The van der Waals surface area contributed by atoms with Crippen molar-refractivity contribution < 1.29 is 28.8 Å². The van der Waals surface area contributed by atoms with Gasteiger partial charge < -0.3 is 24.1 Å². The van der Waals surface area contributed by atoms with Crippen molar-refractivity contribution in [2.45, 2.75) is 225 Å². The Morgan fingerprint density at radius 3 is 0.910 bits per heavy atom. The van der Waals surface area contributed by atoms with Crippen LogP contribution in [-0.2, 0) is 23.7 Å². The minimum absolute atomic E-state index is 0.0857. The maximum Gasteiger partial charge on any atom is 0.171 e. The van der Waals surface area contributed by atoms with E-state index in [9.17, 15) is 5.11 Å². The molecule has 0 saturated carbocycles. The molecule has 0 rings (SSSR count). The molecule has 0 amide bonds. The van der Waals surface area contributed by atoms with Crippen LogP contribution in [0.25, 0.3) is 0 Å². The molecule has 0 aromatic carbocycles. The molecule has 4 atom stereocenters. The molecule has 380 valence electrons. The van der Waals surface area contributed by atoms with E-state index >= 15 is 4.79 Å². The summed E-state index contributed by atoms with van der Waals surface area (Å²) in [5.74, 6) is -0.141. The zero-order chi connectivity index (χ0) is 51.8. The summed E-state index contributed by atoms with van der Waals surface area (Å²) < 4.78 is 31.4. The zero-order valence-electron chi connectivity index (χ0n) is 47.1. The fourth-order valence-electron chi connectivity index (χ4n) is 8.11. The Labute approximate surface area is 412 Å². The van der Waals surface area contributed by atoms with Crippen molar-refractivity contribution in [3.63, 3.8) is 0 Å². The Hall–Kier alpha value is -3.39. The van der Waals surface area contributed by atoms with E-state index in [1.165, 1.54) is 0 Å². The predicted molar refractivity (Wildman–Crippen MR) is 291 cm³/mol. The highest BCUT2D eigenvalue weighted by atomic mass is 16.6. The van der Waals surface area contributed by atoms with Gasteiger partial charge >= 0.3 is 0 Å². The normalized spacial score (nSPS) is 14.7. The van der Waals surface area contributed by atoms with Crippen LogP contribution >= 0.6 is 0 Å². The summed E-state index contributed by atoms with van der Waals surface area (Å²) in [5.41, 5.74) is 3.08. The number of allylic oxidation sites excluding steroid dienone is 12. The Balaban J connectivity index is 11.2. The number of ether oxygens (including phenoxy) is 4. The second kappa shape index (κ2) is 30.3. The first-order valence-electron chi connectivity index (χ1n) is 24.8. The molecule has 67 heavy (non-hydrogen) atoms. The molecule has 0 spiro atoms. The van der Waals surface area contributed by atoms with Gasteiger partial charge in [-0.2, -0.15) is 0 Å². The van der Waals surface area contributed by atoms with Gasteiger partial charge in [-0.05, 0) is 165 Å². The van der Waals surface area contributed by atoms with Crippen molar-refractivity contribution >= 4 is 5.78 Å². The van der Waals surface area contributed by atoms with Crippen LogP contribution < -0.4 is 0 Å². The molecule has 0 aromatic rings. The van der Waals surface area contributed by atoms with E-state index in [-0.39, 0.29) is 77.2 Å². The van der Waals surface area contributed by atoms with Gasteiger partial charge in [0, 0.05) is 32.1 Å². The van der Waals surface area contributed by atoms with Crippen molar-refractivity contribution in [3.8, 4) is 0 Å². The zero-order valence-corrected chi connectivity index (χ0v) is 47.1. The highest BCUT2D eigenvalue weighted by molar-refractivity contribution is 5.91. The smallest absolute Gasteiger partial charge is 0.171 e. The van der Waals surface area contributed by atoms with Crippen molar-refractivity contribution in [2.24, 2.45) is 0 Å². The molecule has 0 aliphatic carbocycles. The first-order valence-corrected chi connectivity index (χ1v) is 24.8. The maximum atomic E-state index is 16.4. The van der Waals surface area contributed by atoms with E-state index in [1.54, 1.807) is 0 Å². The quantitative estimate of drug-likeness (QED) is 0.0698. The summed E-state index contributed by atoms with van der Waals surface area (Å²) in [5, 5.41) is 14.6. The highest BCUT2D eigenvalue weighted by Crippen LogP contribution is 2.60. The van der Waals surface area contributed by atoms with Gasteiger partial charge in [0.1, 0.15) is 22.4 Å². The van der Waals surface area contributed by atoms with E-state index < -0.39 is 28.0 Å². The maximum absolute atomic E-state index is 16.4. The van der Waals surface area contributed by atoms with Crippen molar-refractivity contribution in [1.82, 2.24) is 0 Å². The molecule has 0 radical (unpaired) electrons. The van der Waals surface area contributed by atoms with Crippen molar-refractivity contribution in [1.29, 1.82) is 0 Å². The van der Waals surface area contributed by atoms with Crippen molar-refractivity contribution in [3.05, 3.63) is 128 Å². The van der Waals surface area contributed by atoms with Crippen LogP contribution in [0.1, 0.15) is 197 Å². The standard InChI is InChI=1S/C61H100O6/c1-45(2)23-24-56(62)58(37-27-48(7)8,64-41-31-52(15)16)60(39-29-50(11)12,66-43-33-54(19)20)61(40-30-51(13)14,67-44-34-55(21)22)59(38-28-49(9)10,65-42-32-53(17)18)57(63,35-25-46(3)4)36-26-47(5)6/h23,25-34,63H,24,35-44H2,1-22H3/t58-,59+,60+,61+/m0/s1. The van der Waals surface area contributed by atoms with Gasteiger partial charge in [-0.1, -0.05) is 128 Å². The monoisotopic (exact) mass is 929 g/mol. The van der Waals surface area contributed by atoms with Gasteiger partial charge in [-0.3, -0.25) is 4.79 Å². The fourth-order valence-corrected chi connectivity index (χ4v) is 8.11. The number of hydrogen-bond acceptors (Lipinski definition) is 6. The van der Waals surface area contributed by atoms with Crippen molar-refractivity contribution in [2.75, 3.05) is 26.4 Å². The average molecular weight is 929 g/mol. The molecule has 1 N–H and O–H groups in total. The lowest BCUT2D eigenvalue weighted by Crippen LogP contribution is -2.83. The molecule has 0 unspecified atom stereocenters. The molecule has 0 aliphatic heterocycles. The first kappa shape index (κ1) is 63.6. The van der Waals surface area contributed by atoms with E-state index in [0.717, 1.165) is 61.3 Å². The summed E-state index contributed by atoms with van der Waals surface area (Å²) in [7, 11) is 0. The Kier molecular flexibility index (Phi) is 28.7. The molecule has 0 fully saturated rings. The van der Waals surface area contributed by atoms with Gasteiger partial charge in [0.05, 0.1) is 26.4 Å². The van der Waals surface area contributed by atoms with Gasteiger partial charge in [-0.25, -0.2) is 0 Å². The van der Waals surface area contributed by atoms with E-state index in [2.05, 4.69) is 179 Å². The van der Waals surface area contributed by atoms with Crippen LogP contribution in [0.4, 0.5) is 0 Å². The molecule has 0 saturated heterocycles. The average Bonchev–Trinajstić information content (AvgIpc) is 3.20. The molecular weight excluding hydrogens is 829 g/mol. The van der Waals surface area contributed by atoms with Crippen LogP contribution in [0.3, 0.4) is 0 Å². The number of carbonyl (C=O) groups excluding carboxylic acids is 1. The van der Waals surface area contributed by atoms with Gasteiger partial charge in [-0.15, -0.1) is 0 Å². The second-order valence-electron chi connectivity index (χ2n) is 21.5. The minimum atomic E-state index is -1.74. The molecule has 0 heterocycles. The predicted octanol–water partition coefficient (Wildman–Crippen LogP) is 16.7. The van der Waals surface area contributed by atoms with E-state index in [4.69, 9.17) is 18.9 Å². The number of Topliss-reactive ketones (excluding diaryl/α,β-unsaturated/α-hetero) is 1. The Morgan fingerprint density at radius 1 is 0.313 bits per heavy atom. The third-order valence-corrected chi connectivity index (χ3v) is 12.0. The molecule has 6 nitrogen and oxygen atoms in total. The number of carbonyl (C=O) groups is 1. The second-order valence-corrected chi connectivity index (χ2v) is 21.5. The highest BCUT2D eigenvalue weighted by Gasteiger charge is 2.77. The van der Waals surface area contributed by atoms with Crippen LogP contribution in [0.2, 0.25) is 0 Å². The Morgan fingerprint density at radius 2 is 0.567 bits per heavy atom. The van der Waals surface area contributed by atoms with Gasteiger partial charge in [0.2, 0.25) is 0 Å². The number of rotatable bonds is 31. The molecule has 0 bridgehead atoms. The summed E-state index contributed by atoms with van der Waals surface area (Å²) in [6, 6.07) is 0. The summed E-state index contributed by atoms with van der Waals surface area (Å²) >= 11 is 0. The van der Waals surface area contributed by atoms with Crippen LogP contribution in [-0.4, -0.2) is 65.3 Å². The first-order chi connectivity index (χ1) is 31.0. The lowest BCUT2D eigenvalue weighted by molar-refractivity contribution is -0.358. The van der Waals surface area contributed by atoms with Gasteiger partial charge in [0.25, 0.3) is 0 Å². The lowest BCUT2D eigenvalue weighted by atomic mass is 9.52.